The molecule has 0 atom stereocenters. The van der Waals surface area contributed by atoms with Gasteiger partial charge in [0.05, 0.1) is 0 Å². The fraction of sp³-hybridized carbons (Fsp3) is 0.0417. The molecule has 0 aliphatic heterocycles. The van der Waals surface area contributed by atoms with Crippen LogP contribution in [0.25, 0.3) is 21.5 Å². The highest BCUT2D eigenvalue weighted by Gasteiger charge is 2.11. The summed E-state index contributed by atoms with van der Waals surface area (Å²) in [7, 11) is 0. The summed E-state index contributed by atoms with van der Waals surface area (Å²) in [5.41, 5.74) is 1.02. The molecule has 27 heavy (non-hydrogen) atoms. The van der Waals surface area contributed by atoms with E-state index in [2.05, 4.69) is 55.1 Å². The molecule has 0 unspecified atom stereocenters. The minimum absolute atomic E-state index is 0.224. The first-order chi connectivity index (χ1) is 13.2. The van der Waals surface area contributed by atoms with Crippen LogP contribution in [0.3, 0.4) is 0 Å². The van der Waals surface area contributed by atoms with Crippen molar-refractivity contribution in [1.29, 1.82) is 0 Å². The van der Waals surface area contributed by atoms with Gasteiger partial charge in [-0.1, -0.05) is 66.9 Å². The van der Waals surface area contributed by atoms with E-state index in [1.807, 2.05) is 30.3 Å². The van der Waals surface area contributed by atoms with Crippen LogP contribution in [0.4, 0.5) is 0 Å². The van der Waals surface area contributed by atoms with Gasteiger partial charge in [0, 0.05) is 21.4 Å². The van der Waals surface area contributed by atoms with Gasteiger partial charge in [-0.05, 0) is 51.9 Å². The highest BCUT2D eigenvalue weighted by Crippen LogP contribution is 2.34. The smallest absolute Gasteiger partial charge is 0.330 e. The van der Waals surface area contributed by atoms with E-state index in [-0.39, 0.29) is 6.61 Å². The summed E-state index contributed by atoms with van der Waals surface area (Å²) in [5, 5.41) is 4.48. The van der Waals surface area contributed by atoms with Gasteiger partial charge in [-0.15, -0.1) is 0 Å². The number of ether oxygens (including phenoxy) is 1. The Kier molecular flexibility index (Phi) is 4.95. The molecule has 0 spiro atoms. The Morgan fingerprint density at radius 2 is 1.59 bits per heavy atom. The van der Waals surface area contributed by atoms with Crippen molar-refractivity contribution in [1.82, 2.24) is 0 Å². The largest absolute Gasteiger partial charge is 0.458 e. The monoisotopic (exact) mass is 370 g/mol. The molecule has 3 heteroatoms. The Hall–Kier alpha value is -3.04. The van der Waals surface area contributed by atoms with Crippen molar-refractivity contribution in [3.05, 3.63) is 97.1 Å². The van der Waals surface area contributed by atoms with Gasteiger partial charge in [0.2, 0.25) is 0 Å². The first kappa shape index (κ1) is 17.4. The van der Waals surface area contributed by atoms with E-state index in [9.17, 15) is 4.79 Å². The normalized spacial score (nSPS) is 10.8. The lowest BCUT2D eigenvalue weighted by Crippen LogP contribution is -2.01. The van der Waals surface area contributed by atoms with Crippen molar-refractivity contribution in [2.24, 2.45) is 0 Å². The lowest BCUT2D eigenvalue weighted by Gasteiger charge is -2.13. The van der Waals surface area contributed by atoms with Gasteiger partial charge in [0.15, 0.2) is 0 Å². The zero-order chi connectivity index (χ0) is 18.6. The van der Waals surface area contributed by atoms with E-state index < -0.39 is 5.97 Å². The number of rotatable bonds is 5. The molecule has 0 N–H and O–H groups in total. The molecular formula is C24H18O2S. The van der Waals surface area contributed by atoms with Crippen LogP contribution in [-0.2, 0) is 16.1 Å². The number of fused-ring (bicyclic) bond motifs is 2. The molecule has 0 fully saturated rings. The second-order valence-corrected chi connectivity index (χ2v) is 7.33. The number of esters is 1. The average molecular weight is 370 g/mol. The van der Waals surface area contributed by atoms with Gasteiger partial charge in [-0.2, -0.15) is 0 Å². The standard InChI is InChI=1S/C24H18O2S/c1-2-24(25)26-16-23-21-11-7-6-8-17(21)14-18-12-13-20(15-22(18)23)27-19-9-4-3-5-10-19/h2-15H,1,16H2. The molecule has 0 amide bonds. The molecule has 0 aliphatic carbocycles. The van der Waals surface area contributed by atoms with Crippen molar-refractivity contribution >= 4 is 39.3 Å². The van der Waals surface area contributed by atoms with E-state index in [0.717, 1.165) is 32.0 Å². The second-order valence-electron chi connectivity index (χ2n) is 6.19. The van der Waals surface area contributed by atoms with Crippen LogP contribution in [0.2, 0.25) is 0 Å². The van der Waals surface area contributed by atoms with E-state index in [1.165, 1.54) is 11.0 Å². The summed E-state index contributed by atoms with van der Waals surface area (Å²) < 4.78 is 5.39. The maximum absolute atomic E-state index is 11.6. The molecule has 0 saturated heterocycles. The van der Waals surface area contributed by atoms with E-state index >= 15 is 0 Å². The summed E-state index contributed by atoms with van der Waals surface area (Å²) in [5.74, 6) is -0.411. The molecule has 0 saturated carbocycles. The minimum atomic E-state index is -0.411. The Balaban J connectivity index is 1.83. The van der Waals surface area contributed by atoms with Crippen molar-refractivity contribution in [3.63, 3.8) is 0 Å². The van der Waals surface area contributed by atoms with Gasteiger partial charge in [0.1, 0.15) is 6.61 Å². The lowest BCUT2D eigenvalue weighted by molar-refractivity contribution is -0.138. The fourth-order valence-corrected chi connectivity index (χ4v) is 4.06. The van der Waals surface area contributed by atoms with Gasteiger partial charge in [-0.25, -0.2) is 4.79 Å². The third-order valence-electron chi connectivity index (χ3n) is 4.45. The van der Waals surface area contributed by atoms with Crippen LogP contribution in [0.1, 0.15) is 5.56 Å². The molecule has 0 aliphatic rings. The highest BCUT2D eigenvalue weighted by molar-refractivity contribution is 7.99. The number of carbonyl (C=O) groups excluding carboxylic acids is 1. The predicted octanol–water partition coefficient (Wildman–Crippen LogP) is 6.37. The second kappa shape index (κ2) is 7.68. The van der Waals surface area contributed by atoms with Gasteiger partial charge in [0.25, 0.3) is 0 Å². The van der Waals surface area contributed by atoms with Crippen LogP contribution >= 0.6 is 11.8 Å². The summed E-state index contributed by atoms with van der Waals surface area (Å²) >= 11 is 1.72. The van der Waals surface area contributed by atoms with Crippen LogP contribution < -0.4 is 0 Å². The maximum atomic E-state index is 11.6. The van der Waals surface area contributed by atoms with Crippen LogP contribution in [0.15, 0.2) is 101 Å². The summed E-state index contributed by atoms with van der Waals surface area (Å²) in [6.07, 6.45) is 1.20. The number of carbonyl (C=O) groups is 1. The van der Waals surface area contributed by atoms with E-state index in [0.29, 0.717) is 0 Å². The van der Waals surface area contributed by atoms with Crippen LogP contribution in [-0.4, -0.2) is 5.97 Å². The molecule has 0 radical (unpaired) electrons. The Morgan fingerprint density at radius 1 is 0.852 bits per heavy atom. The highest BCUT2D eigenvalue weighted by atomic mass is 32.2. The molecule has 4 rings (SSSR count). The minimum Gasteiger partial charge on any atom is -0.458 e. The Bertz CT molecular complexity index is 1130. The van der Waals surface area contributed by atoms with Crippen molar-refractivity contribution in [2.45, 2.75) is 16.4 Å². The zero-order valence-electron chi connectivity index (χ0n) is 14.7. The quantitative estimate of drug-likeness (QED) is 0.232. The van der Waals surface area contributed by atoms with Crippen molar-refractivity contribution < 1.29 is 9.53 Å². The SMILES string of the molecule is C=CC(=O)OCc1c2ccccc2cc2ccc(Sc3ccccc3)cc12. The van der Waals surface area contributed by atoms with Crippen LogP contribution in [0.5, 0.6) is 0 Å². The number of benzene rings is 4. The summed E-state index contributed by atoms with van der Waals surface area (Å²) in [6.45, 7) is 3.70. The number of hydrogen-bond donors (Lipinski definition) is 0. The first-order valence-electron chi connectivity index (χ1n) is 8.71. The molecule has 0 bridgehead atoms. The van der Waals surface area contributed by atoms with Gasteiger partial charge < -0.3 is 4.74 Å². The van der Waals surface area contributed by atoms with Gasteiger partial charge >= 0.3 is 5.97 Å². The lowest BCUT2D eigenvalue weighted by atomic mass is 9.97. The molecule has 132 valence electrons. The Morgan fingerprint density at radius 3 is 2.41 bits per heavy atom. The molecule has 4 aromatic carbocycles. The number of hydrogen-bond acceptors (Lipinski definition) is 3. The molecular weight excluding hydrogens is 352 g/mol. The molecule has 0 aromatic heterocycles. The summed E-state index contributed by atoms with van der Waals surface area (Å²) in [4.78, 5) is 14.0. The Labute approximate surface area is 162 Å². The van der Waals surface area contributed by atoms with E-state index in [4.69, 9.17) is 4.74 Å². The first-order valence-corrected chi connectivity index (χ1v) is 9.53. The zero-order valence-corrected chi connectivity index (χ0v) is 15.5. The summed E-state index contributed by atoms with van der Waals surface area (Å²) in [6, 6.07) is 27.1. The van der Waals surface area contributed by atoms with Crippen molar-refractivity contribution in [3.8, 4) is 0 Å². The van der Waals surface area contributed by atoms with Gasteiger partial charge in [-0.3, -0.25) is 0 Å². The topological polar surface area (TPSA) is 26.3 Å². The molecule has 4 aromatic rings. The predicted molar refractivity (Wildman–Crippen MR) is 112 cm³/mol. The third kappa shape index (κ3) is 3.74. The maximum Gasteiger partial charge on any atom is 0.330 e. The molecule has 0 heterocycles. The molecule has 2 nitrogen and oxygen atoms in total. The fourth-order valence-electron chi connectivity index (χ4n) is 3.18. The van der Waals surface area contributed by atoms with Crippen LogP contribution in [0, 0.1) is 0 Å². The average Bonchev–Trinajstić information content (AvgIpc) is 2.71. The third-order valence-corrected chi connectivity index (χ3v) is 5.45. The van der Waals surface area contributed by atoms with E-state index in [1.54, 1.807) is 11.8 Å². The van der Waals surface area contributed by atoms with Crippen molar-refractivity contribution in [2.75, 3.05) is 0 Å².